The van der Waals surface area contributed by atoms with Crippen molar-refractivity contribution in [3.8, 4) is 5.69 Å². The van der Waals surface area contributed by atoms with Crippen LogP contribution in [-0.4, -0.2) is 74.9 Å². The van der Waals surface area contributed by atoms with Gasteiger partial charge in [0.15, 0.2) is 0 Å². The quantitative estimate of drug-likeness (QED) is 0.778. The van der Waals surface area contributed by atoms with Crippen LogP contribution in [-0.2, 0) is 0 Å². The number of hydrogen-bond donors (Lipinski definition) is 2. The second kappa shape index (κ2) is 6.76. The summed E-state index contributed by atoms with van der Waals surface area (Å²) in [4.78, 5) is 30.8. The molecule has 8 nitrogen and oxygen atoms in total. The normalized spacial score (nSPS) is 15.8. The molecule has 2 aromatic rings. The zero-order chi connectivity index (χ0) is 16.2. The van der Waals surface area contributed by atoms with Crippen LogP contribution in [0.4, 0.5) is 0 Å². The van der Waals surface area contributed by atoms with E-state index in [1.54, 1.807) is 29.2 Å². The van der Waals surface area contributed by atoms with Crippen molar-refractivity contribution in [2.75, 3.05) is 39.3 Å². The van der Waals surface area contributed by atoms with Gasteiger partial charge in [-0.2, -0.15) is 4.68 Å². The Balaban J connectivity index is 1.73. The van der Waals surface area contributed by atoms with Gasteiger partial charge < -0.3 is 10.0 Å². The van der Waals surface area contributed by atoms with Crippen LogP contribution in [0.1, 0.15) is 10.6 Å². The second-order valence-electron chi connectivity index (χ2n) is 5.38. The largest absolute Gasteiger partial charge is 0.395 e. The van der Waals surface area contributed by atoms with Crippen LogP contribution in [0.3, 0.4) is 0 Å². The van der Waals surface area contributed by atoms with E-state index in [-0.39, 0.29) is 18.3 Å². The van der Waals surface area contributed by atoms with Crippen molar-refractivity contribution in [1.82, 2.24) is 24.6 Å². The fourth-order valence-corrected chi connectivity index (χ4v) is 2.63. The lowest BCUT2D eigenvalue weighted by Gasteiger charge is -2.33. The van der Waals surface area contributed by atoms with Gasteiger partial charge in [-0.3, -0.25) is 14.7 Å². The molecule has 0 saturated carbocycles. The molecule has 0 atom stereocenters. The molecule has 1 aliphatic rings. The van der Waals surface area contributed by atoms with Crippen LogP contribution in [0.5, 0.6) is 0 Å². The third-order valence-corrected chi connectivity index (χ3v) is 3.90. The molecular weight excluding hydrogens is 298 g/mol. The Bertz CT molecular complexity index is 716. The van der Waals surface area contributed by atoms with E-state index in [9.17, 15) is 9.59 Å². The number of aliphatic hydroxyl groups is 1. The highest BCUT2D eigenvalue weighted by Gasteiger charge is 2.24. The lowest BCUT2D eigenvalue weighted by molar-refractivity contribution is 0.0603. The zero-order valence-electron chi connectivity index (χ0n) is 12.7. The number of rotatable bonds is 4. The molecule has 0 aliphatic carbocycles. The molecule has 0 radical (unpaired) electrons. The number of nitrogens with one attached hydrogen (secondary N) is 1. The summed E-state index contributed by atoms with van der Waals surface area (Å²) in [5, 5.41) is 13.1. The molecule has 1 aromatic heterocycles. The summed E-state index contributed by atoms with van der Waals surface area (Å²) in [5.74, 6) is -0.227. The predicted molar refractivity (Wildman–Crippen MR) is 83.6 cm³/mol. The molecule has 0 unspecified atom stereocenters. The summed E-state index contributed by atoms with van der Waals surface area (Å²) in [6, 6.07) is 8.96. The number of nitrogens with zero attached hydrogens (tertiary/aromatic N) is 4. The molecule has 2 heterocycles. The predicted octanol–water partition coefficient (Wildman–Crippen LogP) is -0.689. The molecular formula is C15H19N5O3. The second-order valence-corrected chi connectivity index (χ2v) is 5.38. The maximum absolute atomic E-state index is 12.5. The number of aromatic amines is 1. The number of hydrogen-bond acceptors (Lipinski definition) is 5. The first-order valence-corrected chi connectivity index (χ1v) is 7.56. The van der Waals surface area contributed by atoms with Gasteiger partial charge in [-0.1, -0.05) is 18.2 Å². The third-order valence-electron chi connectivity index (χ3n) is 3.90. The molecule has 122 valence electrons. The first-order chi connectivity index (χ1) is 11.2. The van der Waals surface area contributed by atoms with Gasteiger partial charge in [0, 0.05) is 32.7 Å². The topological polar surface area (TPSA) is 94.5 Å². The average molecular weight is 317 g/mol. The minimum atomic E-state index is -0.432. The van der Waals surface area contributed by atoms with Gasteiger partial charge >= 0.3 is 5.69 Å². The monoisotopic (exact) mass is 317 g/mol. The highest BCUT2D eigenvalue weighted by Crippen LogP contribution is 2.06. The summed E-state index contributed by atoms with van der Waals surface area (Å²) in [6.45, 7) is 3.24. The maximum Gasteiger partial charge on any atom is 0.348 e. The van der Waals surface area contributed by atoms with E-state index in [0.717, 1.165) is 0 Å². The fourth-order valence-electron chi connectivity index (χ4n) is 2.63. The molecule has 1 aromatic carbocycles. The smallest absolute Gasteiger partial charge is 0.348 e. The van der Waals surface area contributed by atoms with Crippen molar-refractivity contribution >= 4 is 5.91 Å². The number of H-pyrrole nitrogens is 1. The van der Waals surface area contributed by atoms with E-state index in [1.165, 1.54) is 4.68 Å². The van der Waals surface area contributed by atoms with Gasteiger partial charge in [-0.05, 0) is 12.1 Å². The Morgan fingerprint density at radius 2 is 1.87 bits per heavy atom. The molecule has 23 heavy (non-hydrogen) atoms. The van der Waals surface area contributed by atoms with Crippen molar-refractivity contribution in [1.29, 1.82) is 0 Å². The number of amides is 1. The van der Waals surface area contributed by atoms with Crippen LogP contribution >= 0.6 is 0 Å². The Morgan fingerprint density at radius 3 is 2.52 bits per heavy atom. The minimum absolute atomic E-state index is 0.0504. The molecule has 3 rings (SSSR count). The Labute approximate surface area is 133 Å². The number of carbonyl (C=O) groups excluding carboxylic acids is 1. The van der Waals surface area contributed by atoms with E-state index < -0.39 is 5.69 Å². The van der Waals surface area contributed by atoms with Gasteiger partial charge in [-0.15, -0.1) is 5.10 Å². The van der Waals surface area contributed by atoms with Crippen LogP contribution in [0, 0.1) is 0 Å². The number of benzene rings is 1. The van der Waals surface area contributed by atoms with E-state index in [1.807, 2.05) is 6.07 Å². The number of carbonyl (C=O) groups is 1. The Hall–Kier alpha value is -2.45. The summed E-state index contributed by atoms with van der Waals surface area (Å²) >= 11 is 0. The maximum atomic E-state index is 12.5. The Kier molecular flexibility index (Phi) is 4.54. The molecule has 8 heteroatoms. The van der Waals surface area contributed by atoms with E-state index in [0.29, 0.717) is 38.4 Å². The summed E-state index contributed by atoms with van der Waals surface area (Å²) in [5.41, 5.74) is 0.180. The van der Waals surface area contributed by atoms with E-state index in [4.69, 9.17) is 5.11 Å². The van der Waals surface area contributed by atoms with Gasteiger partial charge in [0.2, 0.25) is 5.82 Å². The molecule has 0 bridgehead atoms. The van der Waals surface area contributed by atoms with Gasteiger partial charge in [0.1, 0.15) is 0 Å². The van der Waals surface area contributed by atoms with Crippen molar-refractivity contribution in [2.45, 2.75) is 0 Å². The highest BCUT2D eigenvalue weighted by molar-refractivity contribution is 5.90. The van der Waals surface area contributed by atoms with Crippen LogP contribution in [0.2, 0.25) is 0 Å². The standard InChI is InChI=1S/C15H19N5O3/c21-11-10-18-6-8-19(9-7-18)14(22)13-16-15(23)20(17-13)12-4-2-1-3-5-12/h1-5,21H,6-11H2,(H,16,17,23). The van der Waals surface area contributed by atoms with Gasteiger partial charge in [0.05, 0.1) is 12.3 Å². The first kappa shape index (κ1) is 15.4. The molecule has 1 saturated heterocycles. The van der Waals surface area contributed by atoms with Crippen molar-refractivity contribution < 1.29 is 9.90 Å². The molecule has 1 fully saturated rings. The molecule has 1 aliphatic heterocycles. The van der Waals surface area contributed by atoms with Gasteiger partial charge in [0.25, 0.3) is 5.91 Å². The average Bonchev–Trinajstić information content (AvgIpc) is 2.98. The van der Waals surface area contributed by atoms with Crippen LogP contribution in [0.25, 0.3) is 5.69 Å². The number of aromatic nitrogens is 3. The number of β-amino-alcohol motifs (C(OH)–C–C–N with tert-alkyl or cyclic N) is 1. The lowest BCUT2D eigenvalue weighted by Crippen LogP contribution is -2.49. The SMILES string of the molecule is O=C(c1nn(-c2ccccc2)c(=O)[nH]1)N1CCN(CCO)CC1. The molecule has 1 amide bonds. The zero-order valence-corrected chi connectivity index (χ0v) is 12.7. The fraction of sp³-hybridized carbons (Fsp3) is 0.400. The first-order valence-electron chi connectivity index (χ1n) is 7.56. The van der Waals surface area contributed by atoms with Crippen molar-refractivity contribution in [3.05, 3.63) is 46.6 Å². The Morgan fingerprint density at radius 1 is 1.17 bits per heavy atom. The number of para-hydroxylation sites is 1. The van der Waals surface area contributed by atoms with E-state index >= 15 is 0 Å². The van der Waals surface area contributed by atoms with Crippen molar-refractivity contribution in [3.63, 3.8) is 0 Å². The van der Waals surface area contributed by atoms with E-state index in [2.05, 4.69) is 15.0 Å². The highest BCUT2D eigenvalue weighted by atomic mass is 16.3. The lowest BCUT2D eigenvalue weighted by atomic mass is 10.3. The minimum Gasteiger partial charge on any atom is -0.395 e. The summed E-state index contributed by atoms with van der Waals surface area (Å²) in [7, 11) is 0. The molecule has 0 spiro atoms. The number of piperazine rings is 1. The van der Waals surface area contributed by atoms with Gasteiger partial charge in [-0.25, -0.2) is 4.79 Å². The van der Waals surface area contributed by atoms with Crippen molar-refractivity contribution in [2.24, 2.45) is 0 Å². The number of aliphatic hydroxyl groups excluding tert-OH is 1. The summed E-state index contributed by atoms with van der Waals surface area (Å²) in [6.07, 6.45) is 0. The summed E-state index contributed by atoms with van der Waals surface area (Å²) < 4.78 is 1.19. The van der Waals surface area contributed by atoms with Crippen LogP contribution in [0.15, 0.2) is 35.1 Å². The van der Waals surface area contributed by atoms with Crippen LogP contribution < -0.4 is 5.69 Å². The molecule has 2 N–H and O–H groups in total. The third kappa shape index (κ3) is 3.33.